The lowest BCUT2D eigenvalue weighted by atomic mass is 10.0. The minimum atomic E-state index is -0.732. The van der Waals surface area contributed by atoms with Gasteiger partial charge in [-0.3, -0.25) is 9.69 Å². The lowest BCUT2D eigenvalue weighted by Crippen LogP contribution is -2.40. The second kappa shape index (κ2) is 5.56. The van der Waals surface area contributed by atoms with Gasteiger partial charge in [-0.1, -0.05) is 13.0 Å². The lowest BCUT2D eigenvalue weighted by molar-refractivity contribution is -0.144. The fourth-order valence-corrected chi connectivity index (χ4v) is 3.31. The van der Waals surface area contributed by atoms with Crippen molar-refractivity contribution in [1.29, 1.82) is 0 Å². The molecule has 3 unspecified atom stereocenters. The van der Waals surface area contributed by atoms with Gasteiger partial charge in [-0.05, 0) is 43.5 Å². The van der Waals surface area contributed by atoms with Crippen LogP contribution in [0.4, 0.5) is 0 Å². The van der Waals surface area contributed by atoms with Crippen LogP contribution in [0.1, 0.15) is 31.9 Å². The number of aliphatic carboxylic acids is 1. The second-order valence-corrected chi connectivity index (χ2v) is 5.87. The van der Waals surface area contributed by atoms with E-state index in [0.29, 0.717) is 13.2 Å². The monoisotopic (exact) mass is 291 g/mol. The summed E-state index contributed by atoms with van der Waals surface area (Å²) in [7, 11) is 0. The molecule has 3 rings (SSSR count). The van der Waals surface area contributed by atoms with Crippen molar-refractivity contribution in [2.45, 2.75) is 32.4 Å². The number of hydrogen-bond acceptors (Lipinski definition) is 4. The highest BCUT2D eigenvalue weighted by atomic mass is 16.6. The molecule has 0 spiro atoms. The van der Waals surface area contributed by atoms with Crippen LogP contribution in [0.3, 0.4) is 0 Å². The van der Waals surface area contributed by atoms with Gasteiger partial charge in [0.05, 0.1) is 0 Å². The molecular weight excluding hydrogens is 270 g/mol. The van der Waals surface area contributed by atoms with Crippen molar-refractivity contribution in [3.63, 3.8) is 0 Å². The summed E-state index contributed by atoms with van der Waals surface area (Å²) in [6.45, 7) is 6.01. The maximum absolute atomic E-state index is 11.5. The van der Waals surface area contributed by atoms with E-state index in [-0.39, 0.29) is 12.0 Å². The Morgan fingerprint density at radius 2 is 2.05 bits per heavy atom. The van der Waals surface area contributed by atoms with E-state index < -0.39 is 12.0 Å². The highest BCUT2D eigenvalue weighted by Crippen LogP contribution is 2.37. The Labute approximate surface area is 124 Å². The fourth-order valence-electron chi connectivity index (χ4n) is 3.31. The van der Waals surface area contributed by atoms with Crippen molar-refractivity contribution in [2.75, 3.05) is 19.8 Å². The molecule has 0 amide bonds. The van der Waals surface area contributed by atoms with E-state index in [1.54, 1.807) is 0 Å². The van der Waals surface area contributed by atoms with Gasteiger partial charge in [0.25, 0.3) is 0 Å². The van der Waals surface area contributed by atoms with Crippen LogP contribution in [0, 0.1) is 5.92 Å². The molecule has 3 atom stereocenters. The van der Waals surface area contributed by atoms with Gasteiger partial charge in [-0.2, -0.15) is 0 Å². The Bertz CT molecular complexity index is 545. The quantitative estimate of drug-likeness (QED) is 0.926. The predicted molar refractivity (Wildman–Crippen MR) is 77.8 cm³/mol. The zero-order valence-electron chi connectivity index (χ0n) is 12.4. The number of fused-ring (bicyclic) bond motifs is 1. The van der Waals surface area contributed by atoms with E-state index in [1.165, 1.54) is 0 Å². The average Bonchev–Trinajstić information content (AvgIpc) is 2.88. The van der Waals surface area contributed by atoms with Crippen LogP contribution >= 0.6 is 0 Å². The van der Waals surface area contributed by atoms with Crippen molar-refractivity contribution in [3.8, 4) is 11.5 Å². The van der Waals surface area contributed by atoms with Gasteiger partial charge in [0.1, 0.15) is 19.3 Å². The summed E-state index contributed by atoms with van der Waals surface area (Å²) in [5.74, 6) is 0.970. The van der Waals surface area contributed by atoms with Crippen LogP contribution in [0.2, 0.25) is 0 Å². The number of hydrogen-bond donors (Lipinski definition) is 1. The topological polar surface area (TPSA) is 59.0 Å². The fraction of sp³-hybridized carbons (Fsp3) is 0.562. The number of ether oxygens (including phenoxy) is 2. The minimum absolute atomic E-state index is 0.0480. The molecule has 2 heterocycles. The van der Waals surface area contributed by atoms with Gasteiger partial charge in [-0.15, -0.1) is 0 Å². The molecule has 5 nitrogen and oxygen atoms in total. The van der Waals surface area contributed by atoms with E-state index in [2.05, 4.69) is 11.8 Å². The highest BCUT2D eigenvalue weighted by Gasteiger charge is 2.39. The van der Waals surface area contributed by atoms with Gasteiger partial charge in [0.2, 0.25) is 0 Å². The summed E-state index contributed by atoms with van der Waals surface area (Å²) in [4.78, 5) is 13.6. The van der Waals surface area contributed by atoms with E-state index >= 15 is 0 Å². The molecule has 0 aliphatic carbocycles. The van der Waals surface area contributed by atoms with E-state index in [1.807, 2.05) is 25.1 Å². The van der Waals surface area contributed by atoms with Crippen LogP contribution in [0.15, 0.2) is 18.2 Å². The highest BCUT2D eigenvalue weighted by molar-refractivity contribution is 5.74. The van der Waals surface area contributed by atoms with Gasteiger partial charge >= 0.3 is 5.97 Å². The molecule has 0 radical (unpaired) electrons. The van der Waals surface area contributed by atoms with Gasteiger partial charge < -0.3 is 14.6 Å². The summed E-state index contributed by atoms with van der Waals surface area (Å²) in [6.07, 6.45) is 0.922. The molecule has 0 saturated carbocycles. The third-order valence-electron chi connectivity index (χ3n) is 4.54. The summed E-state index contributed by atoms with van der Waals surface area (Å²) >= 11 is 0. The molecule has 1 fully saturated rings. The van der Waals surface area contributed by atoms with E-state index in [0.717, 1.165) is 30.0 Å². The number of benzene rings is 1. The van der Waals surface area contributed by atoms with Crippen molar-refractivity contribution >= 4 is 5.97 Å². The molecule has 1 aromatic carbocycles. The molecule has 5 heteroatoms. The molecule has 2 aliphatic heterocycles. The normalized spacial score (nSPS) is 26.6. The number of carboxylic acids is 1. The summed E-state index contributed by atoms with van der Waals surface area (Å²) in [5.41, 5.74) is 1.07. The van der Waals surface area contributed by atoms with Crippen molar-refractivity contribution in [3.05, 3.63) is 23.8 Å². The van der Waals surface area contributed by atoms with Crippen molar-refractivity contribution in [2.24, 2.45) is 5.92 Å². The van der Waals surface area contributed by atoms with E-state index in [9.17, 15) is 9.90 Å². The minimum Gasteiger partial charge on any atom is -0.486 e. The number of carbonyl (C=O) groups is 1. The smallest absolute Gasteiger partial charge is 0.321 e. The predicted octanol–water partition coefficient (Wildman–Crippen LogP) is 2.31. The van der Waals surface area contributed by atoms with Crippen LogP contribution in [-0.4, -0.2) is 41.8 Å². The average molecular weight is 291 g/mol. The van der Waals surface area contributed by atoms with E-state index in [4.69, 9.17) is 9.47 Å². The molecule has 114 valence electrons. The summed E-state index contributed by atoms with van der Waals surface area (Å²) in [5, 5.41) is 9.46. The van der Waals surface area contributed by atoms with Crippen LogP contribution < -0.4 is 9.47 Å². The molecule has 21 heavy (non-hydrogen) atoms. The zero-order valence-corrected chi connectivity index (χ0v) is 12.4. The summed E-state index contributed by atoms with van der Waals surface area (Å²) < 4.78 is 11.1. The molecule has 1 N–H and O–H groups in total. The maximum Gasteiger partial charge on any atom is 0.321 e. The first-order valence-corrected chi connectivity index (χ1v) is 7.46. The SMILES string of the molecule is CC1CCN(C(C)c2ccc3c(c2)OCCO3)C1C(=O)O. The maximum atomic E-state index is 11.5. The number of rotatable bonds is 3. The largest absolute Gasteiger partial charge is 0.486 e. The first-order valence-electron chi connectivity index (χ1n) is 7.46. The van der Waals surface area contributed by atoms with Gasteiger partial charge in [-0.25, -0.2) is 0 Å². The van der Waals surface area contributed by atoms with Crippen LogP contribution in [0.5, 0.6) is 11.5 Å². The number of nitrogens with zero attached hydrogens (tertiary/aromatic N) is 1. The summed E-state index contributed by atoms with van der Waals surface area (Å²) in [6, 6.07) is 5.52. The first kappa shape index (κ1) is 14.2. The number of carboxylic acid groups (broad SMARTS) is 1. The molecule has 2 aliphatic rings. The Balaban J connectivity index is 1.84. The van der Waals surface area contributed by atoms with Gasteiger partial charge in [0.15, 0.2) is 11.5 Å². The van der Waals surface area contributed by atoms with Crippen molar-refractivity contribution < 1.29 is 19.4 Å². The Hall–Kier alpha value is -1.75. The lowest BCUT2D eigenvalue weighted by Gasteiger charge is -2.30. The van der Waals surface area contributed by atoms with Crippen LogP contribution in [0.25, 0.3) is 0 Å². The standard InChI is InChI=1S/C16H21NO4/c1-10-5-6-17(15(10)16(18)19)11(2)12-3-4-13-14(9-12)21-8-7-20-13/h3-4,9-11,15H,5-8H2,1-2H3,(H,18,19). The first-order chi connectivity index (χ1) is 10.1. The Kier molecular flexibility index (Phi) is 3.76. The second-order valence-electron chi connectivity index (χ2n) is 5.87. The molecule has 0 bridgehead atoms. The van der Waals surface area contributed by atoms with Crippen LogP contribution in [-0.2, 0) is 4.79 Å². The number of likely N-dealkylation sites (tertiary alicyclic amines) is 1. The molecule has 0 aromatic heterocycles. The van der Waals surface area contributed by atoms with Gasteiger partial charge in [0, 0.05) is 6.04 Å². The third kappa shape index (κ3) is 2.58. The van der Waals surface area contributed by atoms with Crippen molar-refractivity contribution in [1.82, 2.24) is 4.90 Å². The Morgan fingerprint density at radius 3 is 2.76 bits per heavy atom. The molecule has 1 saturated heterocycles. The molecule has 1 aromatic rings. The Morgan fingerprint density at radius 1 is 1.33 bits per heavy atom. The third-order valence-corrected chi connectivity index (χ3v) is 4.54. The molecular formula is C16H21NO4. The zero-order chi connectivity index (χ0) is 15.0.